The Morgan fingerprint density at radius 1 is 0.339 bits per heavy atom. The predicted molar refractivity (Wildman–Crippen MR) is 250 cm³/mol. The Kier molecular flexibility index (Phi) is 7.72. The number of aromatic nitrogens is 3. The van der Waals surface area contributed by atoms with Crippen LogP contribution in [0.3, 0.4) is 0 Å². The van der Waals surface area contributed by atoms with Gasteiger partial charge in [-0.25, -0.2) is 15.0 Å². The van der Waals surface area contributed by atoms with Crippen LogP contribution in [-0.2, 0) is 0 Å². The lowest BCUT2D eigenvalue weighted by molar-refractivity contribution is 1.36. The largest absolute Gasteiger partial charge is 0.247 e. The molecule has 8 aromatic carbocycles. The van der Waals surface area contributed by atoms with Crippen LogP contribution in [-0.4, -0.2) is 15.0 Å². The molecule has 0 bridgehead atoms. The van der Waals surface area contributed by atoms with Crippen molar-refractivity contribution in [2.75, 3.05) is 0 Å². The SMILES string of the molecule is c1ccc(-c2ccc3ccc4ccc(-c5ccc(-c6cccc7nc(-c8cccc(-c9cccc%10ccccc9%10)c8)c8c9ccccc9sc8c67)cc5)nc4c3n2)cc1. The minimum atomic E-state index is 0.910. The van der Waals surface area contributed by atoms with Gasteiger partial charge in [-0.2, -0.15) is 0 Å². The fourth-order valence-electron chi connectivity index (χ4n) is 8.78. The van der Waals surface area contributed by atoms with Gasteiger partial charge in [-0.15, -0.1) is 11.3 Å². The molecule has 0 N–H and O–H groups in total. The Labute approximate surface area is 344 Å². The van der Waals surface area contributed by atoms with E-state index in [4.69, 9.17) is 15.0 Å². The summed E-state index contributed by atoms with van der Waals surface area (Å²) in [5, 5.41) is 8.26. The van der Waals surface area contributed by atoms with Crippen molar-refractivity contribution in [2.45, 2.75) is 0 Å². The maximum Gasteiger partial charge on any atom is 0.0972 e. The molecular formula is C55H33N3S. The van der Waals surface area contributed by atoms with E-state index in [1.54, 1.807) is 0 Å². The van der Waals surface area contributed by atoms with Crippen molar-refractivity contribution in [3.05, 3.63) is 200 Å². The summed E-state index contributed by atoms with van der Waals surface area (Å²) < 4.78 is 2.51. The lowest BCUT2D eigenvalue weighted by Crippen LogP contribution is -1.92. The van der Waals surface area contributed by atoms with Crippen LogP contribution in [0.2, 0.25) is 0 Å². The fraction of sp³-hybridized carbons (Fsp3) is 0. The van der Waals surface area contributed by atoms with E-state index in [0.717, 1.165) is 66.7 Å². The molecule has 0 aliphatic heterocycles. The number of benzene rings is 8. The van der Waals surface area contributed by atoms with E-state index in [-0.39, 0.29) is 0 Å². The summed E-state index contributed by atoms with van der Waals surface area (Å²) in [5.74, 6) is 0. The monoisotopic (exact) mass is 767 g/mol. The molecule has 274 valence electrons. The van der Waals surface area contributed by atoms with Gasteiger partial charge in [0.05, 0.1) is 33.6 Å². The molecule has 0 unspecified atom stereocenters. The first kappa shape index (κ1) is 33.6. The van der Waals surface area contributed by atoms with Crippen molar-refractivity contribution in [3.8, 4) is 56.0 Å². The van der Waals surface area contributed by atoms with E-state index in [9.17, 15) is 0 Å². The highest BCUT2D eigenvalue weighted by Crippen LogP contribution is 2.46. The van der Waals surface area contributed by atoms with E-state index in [2.05, 4.69) is 194 Å². The molecule has 0 saturated heterocycles. The summed E-state index contributed by atoms with van der Waals surface area (Å²) in [6.45, 7) is 0. The van der Waals surface area contributed by atoms with E-state index >= 15 is 0 Å². The summed E-state index contributed by atoms with van der Waals surface area (Å²) in [6, 6.07) is 71.3. The molecule has 0 radical (unpaired) electrons. The van der Waals surface area contributed by atoms with Crippen molar-refractivity contribution in [3.63, 3.8) is 0 Å². The fourth-order valence-corrected chi connectivity index (χ4v) is 10.1. The highest BCUT2D eigenvalue weighted by atomic mass is 32.1. The summed E-state index contributed by atoms with van der Waals surface area (Å²) in [7, 11) is 0. The molecule has 12 rings (SSSR count). The second-order valence-electron chi connectivity index (χ2n) is 15.1. The zero-order valence-corrected chi connectivity index (χ0v) is 32.6. The standard InChI is InChI=1S/C55H33N3S/c1-2-12-36(13-3-1)46-31-29-38-27-28-39-30-32-47(57-54(39)53(38)56-46)37-25-23-35(24-26-37)44-20-10-21-48-50(44)55-51(45-18-6-7-22-49(45)59-55)52(58-48)41-16-8-15-40(33-41)43-19-9-14-34-11-4-5-17-42(34)43/h1-33H. The number of thiophene rings is 1. The molecule has 4 aromatic heterocycles. The maximum absolute atomic E-state index is 5.51. The number of hydrogen-bond donors (Lipinski definition) is 0. The highest BCUT2D eigenvalue weighted by Gasteiger charge is 2.20. The van der Waals surface area contributed by atoms with E-state index < -0.39 is 0 Å². The van der Waals surface area contributed by atoms with Crippen LogP contribution >= 0.6 is 11.3 Å². The maximum atomic E-state index is 5.51. The smallest absolute Gasteiger partial charge is 0.0972 e. The van der Waals surface area contributed by atoms with Gasteiger partial charge in [0, 0.05) is 53.0 Å². The normalized spacial score (nSPS) is 11.7. The zero-order valence-electron chi connectivity index (χ0n) is 31.8. The van der Waals surface area contributed by atoms with E-state index in [1.807, 2.05) is 17.4 Å². The van der Waals surface area contributed by atoms with Crippen molar-refractivity contribution in [2.24, 2.45) is 0 Å². The van der Waals surface area contributed by atoms with Crippen molar-refractivity contribution in [1.82, 2.24) is 15.0 Å². The third-order valence-electron chi connectivity index (χ3n) is 11.7. The first-order valence-corrected chi connectivity index (χ1v) is 20.7. The lowest BCUT2D eigenvalue weighted by Gasteiger charge is -2.13. The van der Waals surface area contributed by atoms with Crippen LogP contribution < -0.4 is 0 Å². The quantitative estimate of drug-likeness (QED) is 0.164. The van der Waals surface area contributed by atoms with Crippen LogP contribution in [0.5, 0.6) is 0 Å². The summed E-state index contributed by atoms with van der Waals surface area (Å²) in [6.07, 6.45) is 0. The first-order valence-electron chi connectivity index (χ1n) is 19.9. The van der Waals surface area contributed by atoms with E-state index in [0.29, 0.717) is 0 Å². The Morgan fingerprint density at radius 2 is 0.915 bits per heavy atom. The van der Waals surface area contributed by atoms with Crippen molar-refractivity contribution in [1.29, 1.82) is 0 Å². The van der Waals surface area contributed by atoms with Gasteiger partial charge in [-0.05, 0) is 63.4 Å². The Hall–Kier alpha value is -7.53. The lowest BCUT2D eigenvalue weighted by atomic mass is 9.94. The molecule has 0 amide bonds. The first-order chi connectivity index (χ1) is 29.2. The van der Waals surface area contributed by atoms with Crippen LogP contribution in [0.15, 0.2) is 200 Å². The molecule has 0 atom stereocenters. The number of nitrogens with zero attached hydrogens (tertiary/aromatic N) is 3. The van der Waals surface area contributed by atoms with Gasteiger partial charge in [-0.1, -0.05) is 170 Å². The predicted octanol–water partition coefficient (Wildman–Crippen LogP) is 15.2. The Bertz CT molecular complexity index is 3600. The van der Waals surface area contributed by atoms with E-state index in [1.165, 1.54) is 53.0 Å². The average Bonchev–Trinajstić information content (AvgIpc) is 3.71. The molecule has 3 nitrogen and oxygen atoms in total. The summed E-state index contributed by atoms with van der Waals surface area (Å²) >= 11 is 1.86. The molecule has 12 aromatic rings. The minimum absolute atomic E-state index is 0.910. The van der Waals surface area contributed by atoms with Crippen LogP contribution in [0, 0.1) is 0 Å². The van der Waals surface area contributed by atoms with Gasteiger partial charge in [-0.3, -0.25) is 0 Å². The second-order valence-corrected chi connectivity index (χ2v) is 16.2. The molecule has 0 aliphatic rings. The zero-order chi connectivity index (χ0) is 38.9. The highest BCUT2D eigenvalue weighted by molar-refractivity contribution is 7.26. The van der Waals surface area contributed by atoms with Gasteiger partial charge in [0.25, 0.3) is 0 Å². The summed E-state index contributed by atoms with van der Waals surface area (Å²) in [4.78, 5) is 15.9. The molecule has 4 heteroatoms. The molecule has 0 aliphatic carbocycles. The number of fused-ring (bicyclic) bond motifs is 9. The topological polar surface area (TPSA) is 38.7 Å². The van der Waals surface area contributed by atoms with Crippen LogP contribution in [0.4, 0.5) is 0 Å². The van der Waals surface area contributed by atoms with Crippen molar-refractivity contribution >= 4 is 75.0 Å². The van der Waals surface area contributed by atoms with Crippen molar-refractivity contribution < 1.29 is 0 Å². The summed E-state index contributed by atoms with van der Waals surface area (Å²) in [5.41, 5.74) is 13.7. The average molecular weight is 768 g/mol. The van der Waals surface area contributed by atoms with Gasteiger partial charge < -0.3 is 0 Å². The Balaban J connectivity index is 0.981. The number of pyridine rings is 3. The molecule has 0 fully saturated rings. The molecular weight excluding hydrogens is 735 g/mol. The van der Waals surface area contributed by atoms with Gasteiger partial charge in [0.15, 0.2) is 0 Å². The Morgan fingerprint density at radius 3 is 1.71 bits per heavy atom. The number of rotatable bonds is 5. The molecule has 59 heavy (non-hydrogen) atoms. The molecule has 0 saturated carbocycles. The van der Waals surface area contributed by atoms with Gasteiger partial charge in [0.1, 0.15) is 0 Å². The minimum Gasteiger partial charge on any atom is -0.247 e. The third kappa shape index (κ3) is 5.60. The third-order valence-corrected chi connectivity index (χ3v) is 12.8. The van der Waals surface area contributed by atoms with Crippen LogP contribution in [0.25, 0.3) is 120 Å². The van der Waals surface area contributed by atoms with Gasteiger partial charge >= 0.3 is 0 Å². The second kappa shape index (κ2) is 13.6. The molecule has 4 heterocycles. The van der Waals surface area contributed by atoms with Gasteiger partial charge in [0.2, 0.25) is 0 Å². The molecule has 0 spiro atoms. The number of hydrogen-bond acceptors (Lipinski definition) is 4. The van der Waals surface area contributed by atoms with Crippen LogP contribution in [0.1, 0.15) is 0 Å².